The zero-order chi connectivity index (χ0) is 18.4. The van der Waals surface area contributed by atoms with Crippen molar-refractivity contribution in [1.29, 1.82) is 0 Å². The van der Waals surface area contributed by atoms with Crippen LogP contribution in [0.25, 0.3) is 0 Å². The van der Waals surface area contributed by atoms with Gasteiger partial charge in [-0.1, -0.05) is 17.7 Å². The van der Waals surface area contributed by atoms with E-state index >= 15 is 0 Å². The molecule has 2 amide bonds. The SMILES string of the molecule is CCOc1ccc(NC(=O)CC(=O)Nc2c(C)cc(C)cc2Cl)cc1. The Morgan fingerprint density at radius 1 is 1.04 bits per heavy atom. The van der Waals surface area contributed by atoms with Crippen LogP contribution in [0.4, 0.5) is 11.4 Å². The van der Waals surface area contributed by atoms with Gasteiger partial charge in [-0.25, -0.2) is 0 Å². The Morgan fingerprint density at radius 3 is 2.28 bits per heavy atom. The van der Waals surface area contributed by atoms with Gasteiger partial charge in [0.15, 0.2) is 0 Å². The molecule has 0 aliphatic rings. The summed E-state index contributed by atoms with van der Waals surface area (Å²) in [7, 11) is 0. The Hall–Kier alpha value is -2.53. The number of hydrogen-bond acceptors (Lipinski definition) is 3. The van der Waals surface area contributed by atoms with Crippen LogP contribution in [0.1, 0.15) is 24.5 Å². The summed E-state index contributed by atoms with van der Waals surface area (Å²) >= 11 is 6.16. The third kappa shape index (κ3) is 5.50. The highest BCUT2D eigenvalue weighted by molar-refractivity contribution is 6.34. The Labute approximate surface area is 152 Å². The van der Waals surface area contributed by atoms with Gasteiger partial charge in [-0.15, -0.1) is 0 Å². The van der Waals surface area contributed by atoms with Gasteiger partial charge in [0.25, 0.3) is 0 Å². The van der Waals surface area contributed by atoms with Crippen molar-refractivity contribution in [2.24, 2.45) is 0 Å². The Kier molecular flexibility index (Phi) is 6.42. The number of rotatable bonds is 6. The third-order valence-corrected chi connectivity index (χ3v) is 3.76. The highest BCUT2D eigenvalue weighted by Crippen LogP contribution is 2.27. The van der Waals surface area contributed by atoms with E-state index in [1.165, 1.54) is 0 Å². The Balaban J connectivity index is 1.93. The molecule has 0 atom stereocenters. The lowest BCUT2D eigenvalue weighted by atomic mass is 10.1. The molecule has 25 heavy (non-hydrogen) atoms. The molecule has 0 heterocycles. The Morgan fingerprint density at radius 2 is 1.68 bits per heavy atom. The summed E-state index contributed by atoms with van der Waals surface area (Å²) in [4.78, 5) is 24.1. The van der Waals surface area contributed by atoms with Gasteiger partial charge in [-0.05, 0) is 62.2 Å². The minimum atomic E-state index is -0.419. The van der Waals surface area contributed by atoms with E-state index in [4.69, 9.17) is 16.3 Å². The predicted octanol–water partition coefficient (Wildman–Crippen LogP) is 4.32. The molecule has 0 aliphatic carbocycles. The van der Waals surface area contributed by atoms with Crippen LogP contribution in [0, 0.1) is 13.8 Å². The molecule has 0 saturated carbocycles. The molecule has 0 saturated heterocycles. The van der Waals surface area contributed by atoms with E-state index in [0.29, 0.717) is 23.0 Å². The number of anilines is 2. The summed E-state index contributed by atoms with van der Waals surface area (Å²) in [6.07, 6.45) is -0.295. The molecule has 0 aromatic heterocycles. The molecule has 5 nitrogen and oxygen atoms in total. The smallest absolute Gasteiger partial charge is 0.233 e. The van der Waals surface area contributed by atoms with Crippen molar-refractivity contribution < 1.29 is 14.3 Å². The molecule has 2 rings (SSSR count). The fourth-order valence-electron chi connectivity index (χ4n) is 2.41. The average molecular weight is 361 g/mol. The maximum absolute atomic E-state index is 12.1. The predicted molar refractivity (Wildman–Crippen MR) is 100 cm³/mol. The molecular formula is C19H21ClN2O3. The second-order valence-corrected chi connectivity index (χ2v) is 6.08. The van der Waals surface area contributed by atoms with E-state index < -0.39 is 11.8 Å². The van der Waals surface area contributed by atoms with Crippen molar-refractivity contribution in [3.05, 3.63) is 52.5 Å². The topological polar surface area (TPSA) is 67.4 Å². The van der Waals surface area contributed by atoms with E-state index in [0.717, 1.165) is 16.9 Å². The number of halogens is 1. The maximum atomic E-state index is 12.1. The number of carbonyl (C=O) groups is 2. The van der Waals surface area contributed by atoms with Crippen LogP contribution in [0.5, 0.6) is 5.75 Å². The fraction of sp³-hybridized carbons (Fsp3) is 0.263. The monoisotopic (exact) mass is 360 g/mol. The first-order chi connectivity index (χ1) is 11.9. The molecule has 6 heteroatoms. The van der Waals surface area contributed by atoms with Crippen LogP contribution in [0.2, 0.25) is 5.02 Å². The number of amides is 2. The zero-order valence-electron chi connectivity index (χ0n) is 14.5. The lowest BCUT2D eigenvalue weighted by molar-refractivity contribution is -0.123. The summed E-state index contributed by atoms with van der Waals surface area (Å²) in [5.74, 6) is -0.0948. The van der Waals surface area contributed by atoms with Crippen molar-refractivity contribution in [3.8, 4) is 5.75 Å². The normalized spacial score (nSPS) is 10.2. The summed E-state index contributed by atoms with van der Waals surface area (Å²) < 4.78 is 5.34. The number of carbonyl (C=O) groups excluding carboxylic acids is 2. The molecule has 2 aromatic rings. The number of nitrogens with one attached hydrogen (secondary N) is 2. The highest BCUT2D eigenvalue weighted by Gasteiger charge is 2.13. The van der Waals surface area contributed by atoms with Gasteiger partial charge in [0.05, 0.1) is 17.3 Å². The van der Waals surface area contributed by atoms with Gasteiger partial charge >= 0.3 is 0 Å². The second kappa shape index (κ2) is 8.53. The largest absolute Gasteiger partial charge is 0.494 e. The van der Waals surface area contributed by atoms with Crippen LogP contribution >= 0.6 is 11.6 Å². The average Bonchev–Trinajstić information content (AvgIpc) is 2.53. The first kappa shape index (κ1) is 18.8. The number of hydrogen-bond donors (Lipinski definition) is 2. The number of ether oxygens (including phenoxy) is 1. The lowest BCUT2D eigenvalue weighted by Crippen LogP contribution is -2.22. The molecule has 0 spiro atoms. The van der Waals surface area contributed by atoms with Crippen molar-refractivity contribution in [2.45, 2.75) is 27.2 Å². The van der Waals surface area contributed by atoms with Gasteiger partial charge in [0.1, 0.15) is 12.2 Å². The van der Waals surface area contributed by atoms with Crippen LogP contribution in [0.3, 0.4) is 0 Å². The lowest BCUT2D eigenvalue weighted by Gasteiger charge is -2.12. The van der Waals surface area contributed by atoms with E-state index in [9.17, 15) is 9.59 Å². The quantitative estimate of drug-likeness (QED) is 0.754. The van der Waals surface area contributed by atoms with Crippen molar-refractivity contribution in [2.75, 3.05) is 17.2 Å². The summed E-state index contributed by atoms with van der Waals surface area (Å²) in [5.41, 5.74) is 3.00. The molecule has 132 valence electrons. The van der Waals surface area contributed by atoms with Crippen LogP contribution in [0.15, 0.2) is 36.4 Å². The highest BCUT2D eigenvalue weighted by atomic mass is 35.5. The van der Waals surface area contributed by atoms with Crippen molar-refractivity contribution in [1.82, 2.24) is 0 Å². The standard InChI is InChI=1S/C19H21ClN2O3/c1-4-25-15-7-5-14(6-8-15)21-17(23)11-18(24)22-19-13(3)9-12(2)10-16(19)20/h5-10H,4,11H2,1-3H3,(H,21,23)(H,22,24). The molecule has 0 aliphatic heterocycles. The van der Waals surface area contributed by atoms with E-state index in [1.807, 2.05) is 26.8 Å². The van der Waals surface area contributed by atoms with Crippen LogP contribution < -0.4 is 15.4 Å². The molecule has 0 bridgehead atoms. The summed E-state index contributed by atoms with van der Waals surface area (Å²) in [6.45, 7) is 6.26. The van der Waals surface area contributed by atoms with E-state index in [2.05, 4.69) is 10.6 Å². The molecular weight excluding hydrogens is 340 g/mol. The molecule has 2 aromatic carbocycles. The van der Waals surface area contributed by atoms with Gasteiger partial charge in [0, 0.05) is 5.69 Å². The number of aryl methyl sites for hydroxylation is 2. The van der Waals surface area contributed by atoms with Gasteiger partial charge in [-0.2, -0.15) is 0 Å². The Bertz CT molecular complexity index is 750. The third-order valence-electron chi connectivity index (χ3n) is 3.47. The molecule has 0 fully saturated rings. The van der Waals surface area contributed by atoms with Crippen LogP contribution in [-0.2, 0) is 9.59 Å². The number of benzene rings is 2. The van der Waals surface area contributed by atoms with Crippen LogP contribution in [-0.4, -0.2) is 18.4 Å². The first-order valence-electron chi connectivity index (χ1n) is 7.98. The van der Waals surface area contributed by atoms with Gasteiger partial charge in [-0.3, -0.25) is 9.59 Å². The zero-order valence-corrected chi connectivity index (χ0v) is 15.2. The van der Waals surface area contributed by atoms with E-state index in [1.54, 1.807) is 30.3 Å². The van der Waals surface area contributed by atoms with Gasteiger partial charge in [0.2, 0.25) is 11.8 Å². The minimum absolute atomic E-state index is 0.295. The molecule has 0 radical (unpaired) electrons. The second-order valence-electron chi connectivity index (χ2n) is 5.67. The summed E-state index contributed by atoms with van der Waals surface area (Å²) in [5, 5.41) is 5.83. The van der Waals surface area contributed by atoms with E-state index in [-0.39, 0.29) is 6.42 Å². The van der Waals surface area contributed by atoms with Gasteiger partial charge < -0.3 is 15.4 Å². The fourth-order valence-corrected chi connectivity index (χ4v) is 2.78. The minimum Gasteiger partial charge on any atom is -0.494 e. The summed E-state index contributed by atoms with van der Waals surface area (Å²) in [6, 6.07) is 10.7. The maximum Gasteiger partial charge on any atom is 0.233 e. The first-order valence-corrected chi connectivity index (χ1v) is 8.36. The van der Waals surface area contributed by atoms with Crippen molar-refractivity contribution in [3.63, 3.8) is 0 Å². The molecule has 0 unspecified atom stereocenters. The van der Waals surface area contributed by atoms with Crippen molar-refractivity contribution >= 4 is 34.8 Å². The molecule has 2 N–H and O–H groups in total.